The van der Waals surface area contributed by atoms with Crippen LogP contribution < -0.4 is 19.7 Å². The lowest BCUT2D eigenvalue weighted by atomic mass is 9.84. The van der Waals surface area contributed by atoms with Crippen LogP contribution in [0.2, 0.25) is 0 Å². The molecule has 1 amide bonds. The van der Waals surface area contributed by atoms with Crippen LogP contribution in [0.25, 0.3) is 33.4 Å². The number of allylic oxidation sites excluding steroid dienone is 1. The Balaban J connectivity index is 0.000000194. The molecule has 56 heavy (non-hydrogen) atoms. The first kappa shape index (κ1) is 39.3. The van der Waals surface area contributed by atoms with E-state index < -0.39 is 11.6 Å². The van der Waals surface area contributed by atoms with E-state index in [0.717, 1.165) is 56.7 Å². The third-order valence-electron chi connectivity index (χ3n) is 9.86. The molecule has 5 aromatic carbocycles. The quantitative estimate of drug-likeness (QED) is 0.108. The van der Waals surface area contributed by atoms with E-state index in [9.17, 15) is 14.7 Å². The Kier molecular flexibility index (Phi) is 11.6. The molecule has 0 aliphatic carbocycles. The Morgan fingerprint density at radius 2 is 1.34 bits per heavy atom. The van der Waals surface area contributed by atoms with Gasteiger partial charge in [0.25, 0.3) is 0 Å². The monoisotopic (exact) mass is 748 g/mol. The topological polar surface area (TPSA) is 97.3 Å². The van der Waals surface area contributed by atoms with Crippen LogP contribution in [0, 0.1) is 0 Å². The molecule has 8 heteroatoms. The SMILES string of the molecule is C=CCOC(C1=CC(C)(C)Nc2ccc(-c3ccccc3OC)cc21)c1ccccc1.COc1ccccc1-c1ccc2c(c1)C(C=O)=CC(C)(C)N2C(=O)O. The maximum atomic E-state index is 11.8. The highest BCUT2D eigenvalue weighted by Gasteiger charge is 2.37. The number of nitrogens with one attached hydrogen (secondary N) is 1. The summed E-state index contributed by atoms with van der Waals surface area (Å²) >= 11 is 0. The van der Waals surface area contributed by atoms with Crippen LogP contribution in [0.5, 0.6) is 11.5 Å². The highest BCUT2D eigenvalue weighted by Crippen LogP contribution is 2.45. The average molecular weight is 749 g/mol. The second-order valence-corrected chi connectivity index (χ2v) is 14.7. The number of methoxy groups -OCH3 is 2. The van der Waals surface area contributed by atoms with Gasteiger partial charge in [-0.2, -0.15) is 0 Å². The zero-order chi connectivity index (χ0) is 40.0. The number of nitrogens with zero attached hydrogens (tertiary/aromatic N) is 1. The number of fused-ring (bicyclic) bond motifs is 2. The first-order valence-electron chi connectivity index (χ1n) is 18.5. The normalized spacial score (nSPS) is 15.2. The summed E-state index contributed by atoms with van der Waals surface area (Å²) in [6.07, 6.45) is 5.29. The number of para-hydroxylation sites is 2. The minimum Gasteiger partial charge on any atom is -0.496 e. The van der Waals surface area contributed by atoms with Crippen molar-refractivity contribution in [3.8, 4) is 33.8 Å². The van der Waals surface area contributed by atoms with Crippen molar-refractivity contribution in [3.63, 3.8) is 0 Å². The molecule has 2 aliphatic heterocycles. The fourth-order valence-electron chi connectivity index (χ4n) is 7.46. The molecule has 2 heterocycles. The van der Waals surface area contributed by atoms with Gasteiger partial charge >= 0.3 is 6.09 Å². The Morgan fingerprint density at radius 3 is 1.91 bits per heavy atom. The largest absolute Gasteiger partial charge is 0.496 e. The lowest BCUT2D eigenvalue weighted by Crippen LogP contribution is -2.48. The standard InChI is InChI=1S/C28H29NO2.C20H19NO4/c1-5-17-31-27(20-11-7-6-8-12-20)24-19-28(2,3)29-25-16-15-21(18-23(24)25)22-13-9-10-14-26(22)30-4;1-20(2)11-14(12-22)16-10-13(8-9-17(16)21(20)19(23)24)15-6-4-5-7-18(15)25-3/h5-16,18-19,27,29H,1,17H2,2-4H3;4-12H,1-3H3,(H,23,24). The highest BCUT2D eigenvalue weighted by molar-refractivity contribution is 6.13. The van der Waals surface area contributed by atoms with Crippen LogP contribution in [-0.4, -0.2) is 49.4 Å². The van der Waals surface area contributed by atoms with Gasteiger partial charge in [-0.1, -0.05) is 91.0 Å². The number of hydrogen-bond acceptors (Lipinski definition) is 6. The van der Waals surface area contributed by atoms with Gasteiger partial charge in [-0.3, -0.25) is 9.69 Å². The lowest BCUT2D eigenvalue weighted by Gasteiger charge is -2.39. The Hall–Kier alpha value is -6.38. The molecule has 0 radical (unpaired) electrons. The Morgan fingerprint density at radius 1 is 0.768 bits per heavy atom. The lowest BCUT2D eigenvalue weighted by molar-refractivity contribution is -0.103. The minimum absolute atomic E-state index is 0.188. The number of anilines is 2. The van der Waals surface area contributed by atoms with Gasteiger partial charge in [0.1, 0.15) is 23.9 Å². The highest BCUT2D eigenvalue weighted by atomic mass is 16.5. The molecule has 286 valence electrons. The molecule has 0 saturated carbocycles. The second-order valence-electron chi connectivity index (χ2n) is 14.7. The number of hydrogen-bond donors (Lipinski definition) is 2. The molecule has 8 nitrogen and oxygen atoms in total. The minimum atomic E-state index is -1.06. The molecule has 0 bridgehead atoms. The van der Waals surface area contributed by atoms with Crippen LogP contribution >= 0.6 is 0 Å². The van der Waals surface area contributed by atoms with E-state index in [2.05, 4.69) is 80.4 Å². The number of carboxylic acid groups (broad SMARTS) is 1. The number of aldehydes is 1. The van der Waals surface area contributed by atoms with Gasteiger partial charge in [0.05, 0.1) is 37.6 Å². The van der Waals surface area contributed by atoms with Gasteiger partial charge in [-0.05, 0) is 92.4 Å². The smallest absolute Gasteiger partial charge is 0.412 e. The molecule has 2 N–H and O–H groups in total. The van der Waals surface area contributed by atoms with Gasteiger partial charge in [0.15, 0.2) is 0 Å². The number of ether oxygens (including phenoxy) is 3. The van der Waals surface area contributed by atoms with E-state index in [4.69, 9.17) is 14.2 Å². The fraction of sp³-hybridized carbons (Fsp3) is 0.208. The first-order valence-corrected chi connectivity index (χ1v) is 18.5. The third kappa shape index (κ3) is 8.16. The van der Waals surface area contributed by atoms with Gasteiger partial charge in [-0.25, -0.2) is 4.79 Å². The summed E-state index contributed by atoms with van der Waals surface area (Å²) in [7, 11) is 3.31. The predicted octanol–water partition coefficient (Wildman–Crippen LogP) is 11.1. The maximum absolute atomic E-state index is 11.8. The molecule has 2 aliphatic rings. The molecule has 0 saturated heterocycles. The molecule has 1 atom stereocenters. The van der Waals surface area contributed by atoms with Crippen molar-refractivity contribution >= 4 is 34.9 Å². The summed E-state index contributed by atoms with van der Waals surface area (Å²) in [5, 5.41) is 13.3. The molecule has 0 fully saturated rings. The van der Waals surface area contributed by atoms with E-state index in [0.29, 0.717) is 29.2 Å². The number of amides is 1. The van der Waals surface area contributed by atoms with Crippen LogP contribution in [0.15, 0.2) is 140 Å². The summed E-state index contributed by atoms with van der Waals surface area (Å²) in [5.41, 5.74) is 9.02. The van der Waals surface area contributed by atoms with E-state index >= 15 is 0 Å². The van der Waals surface area contributed by atoms with Crippen molar-refractivity contribution in [3.05, 3.63) is 157 Å². The van der Waals surface area contributed by atoms with Crippen LogP contribution in [0.3, 0.4) is 0 Å². The van der Waals surface area contributed by atoms with Crippen molar-refractivity contribution in [1.29, 1.82) is 0 Å². The van der Waals surface area contributed by atoms with Crippen molar-refractivity contribution in [2.75, 3.05) is 31.0 Å². The van der Waals surface area contributed by atoms with Gasteiger partial charge in [0, 0.05) is 33.5 Å². The first-order chi connectivity index (χ1) is 26.9. The Bertz CT molecular complexity index is 2310. The van der Waals surface area contributed by atoms with Crippen molar-refractivity contribution in [2.24, 2.45) is 0 Å². The van der Waals surface area contributed by atoms with Gasteiger partial charge in [-0.15, -0.1) is 6.58 Å². The van der Waals surface area contributed by atoms with Crippen molar-refractivity contribution in [1.82, 2.24) is 0 Å². The summed E-state index contributed by atoms with van der Waals surface area (Å²) in [6, 6.07) is 38.0. The van der Waals surface area contributed by atoms with Gasteiger partial charge in [0.2, 0.25) is 0 Å². The van der Waals surface area contributed by atoms with E-state index in [1.165, 1.54) is 4.90 Å². The van der Waals surface area contributed by atoms with E-state index in [1.54, 1.807) is 46.3 Å². The summed E-state index contributed by atoms with van der Waals surface area (Å²) in [5.74, 6) is 1.57. The molecule has 0 aromatic heterocycles. The molecule has 5 aromatic rings. The van der Waals surface area contributed by atoms with Crippen molar-refractivity contribution in [2.45, 2.75) is 44.9 Å². The maximum Gasteiger partial charge on any atom is 0.412 e. The van der Waals surface area contributed by atoms with Crippen LogP contribution in [-0.2, 0) is 9.53 Å². The van der Waals surface area contributed by atoms with E-state index in [-0.39, 0.29) is 11.6 Å². The average Bonchev–Trinajstić information content (AvgIpc) is 3.20. The zero-order valence-electron chi connectivity index (χ0n) is 32.7. The molecular formula is C48H48N2O6. The van der Waals surface area contributed by atoms with Crippen LogP contribution in [0.1, 0.15) is 50.5 Å². The van der Waals surface area contributed by atoms with Gasteiger partial charge < -0.3 is 24.6 Å². The molecule has 7 rings (SSSR count). The molecule has 0 spiro atoms. The van der Waals surface area contributed by atoms with Crippen molar-refractivity contribution < 1.29 is 28.9 Å². The zero-order valence-corrected chi connectivity index (χ0v) is 32.7. The Labute approximate surface area is 329 Å². The molecule has 1 unspecified atom stereocenters. The number of rotatable bonds is 10. The number of carbonyl (C=O) groups excluding carboxylic acids is 1. The summed E-state index contributed by atoms with van der Waals surface area (Å²) in [4.78, 5) is 24.6. The summed E-state index contributed by atoms with van der Waals surface area (Å²) in [6.45, 7) is 12.2. The third-order valence-corrected chi connectivity index (χ3v) is 9.86. The second kappa shape index (κ2) is 16.6. The number of carbonyl (C=O) groups is 2. The van der Waals surface area contributed by atoms with Crippen LogP contribution in [0.4, 0.5) is 16.2 Å². The molecular weight excluding hydrogens is 701 g/mol. The van der Waals surface area contributed by atoms with E-state index in [1.807, 2.05) is 60.7 Å². The predicted molar refractivity (Wildman–Crippen MR) is 226 cm³/mol. The fourth-order valence-corrected chi connectivity index (χ4v) is 7.46. The summed E-state index contributed by atoms with van der Waals surface area (Å²) < 4.78 is 17.3. The number of benzene rings is 5.